The second-order valence-electron chi connectivity index (χ2n) is 4.85. The van der Waals surface area contributed by atoms with Crippen LogP contribution in [0.1, 0.15) is 38.7 Å². The van der Waals surface area contributed by atoms with E-state index in [0.717, 1.165) is 18.4 Å². The molecule has 0 aliphatic carbocycles. The van der Waals surface area contributed by atoms with Crippen LogP contribution in [-0.4, -0.2) is 25.1 Å². The summed E-state index contributed by atoms with van der Waals surface area (Å²) in [6.07, 6.45) is 2.24. The average Bonchev–Trinajstić information content (AvgIpc) is 2.62. The molecular weight excluding hydrogens is 282 g/mol. The Morgan fingerprint density at radius 1 is 1.21 bits per heavy atom. The normalized spacial score (nSPS) is 20.4. The van der Waals surface area contributed by atoms with Crippen LogP contribution in [0.15, 0.2) is 29.2 Å². The summed E-state index contributed by atoms with van der Waals surface area (Å²) in [7, 11) is -3.38. The summed E-state index contributed by atoms with van der Waals surface area (Å²) in [4.78, 5) is 0.466. The average molecular weight is 302 g/mol. The van der Waals surface area contributed by atoms with Gasteiger partial charge >= 0.3 is 0 Å². The van der Waals surface area contributed by atoms with Crippen molar-refractivity contribution in [3.05, 3.63) is 29.8 Å². The summed E-state index contributed by atoms with van der Waals surface area (Å²) in [5, 5.41) is 0. The Kier molecular flexibility index (Phi) is 4.23. The lowest BCUT2D eigenvalue weighted by Gasteiger charge is -2.36. The van der Waals surface area contributed by atoms with Gasteiger partial charge in [-0.15, -0.1) is 11.6 Å². The van der Waals surface area contributed by atoms with Gasteiger partial charge in [-0.2, -0.15) is 4.31 Å². The van der Waals surface area contributed by atoms with Gasteiger partial charge in [0, 0.05) is 12.4 Å². The molecule has 0 unspecified atom stereocenters. The molecule has 0 amide bonds. The molecule has 1 aromatic rings. The van der Waals surface area contributed by atoms with Crippen LogP contribution in [-0.2, 0) is 15.6 Å². The van der Waals surface area contributed by atoms with E-state index in [1.807, 2.05) is 12.1 Å². The number of hydrogen-bond acceptors (Lipinski definition) is 2. The van der Waals surface area contributed by atoms with Gasteiger partial charge in [0.05, 0.1) is 10.4 Å². The lowest BCUT2D eigenvalue weighted by Crippen LogP contribution is -2.43. The second-order valence-corrected chi connectivity index (χ2v) is 7.06. The molecule has 1 heterocycles. The Hall–Kier alpha value is -0.580. The number of halogens is 1. The highest BCUT2D eigenvalue weighted by Gasteiger charge is 2.51. The Bertz CT molecular complexity index is 552. The summed E-state index contributed by atoms with van der Waals surface area (Å²) in [6, 6.07) is 7.36. The molecule has 0 atom stereocenters. The van der Waals surface area contributed by atoms with Gasteiger partial charge in [-0.25, -0.2) is 8.42 Å². The fourth-order valence-corrected chi connectivity index (χ4v) is 5.41. The molecule has 3 nitrogen and oxygen atoms in total. The Labute approximate surface area is 120 Å². The number of benzene rings is 1. The molecular formula is C14H20ClNO2S. The summed E-state index contributed by atoms with van der Waals surface area (Å²) < 4.78 is 27.1. The van der Waals surface area contributed by atoms with E-state index in [2.05, 4.69) is 13.8 Å². The van der Waals surface area contributed by atoms with Gasteiger partial charge in [0.15, 0.2) is 0 Å². The minimum absolute atomic E-state index is 0.401. The van der Waals surface area contributed by atoms with Crippen molar-refractivity contribution in [3.63, 3.8) is 0 Å². The first-order valence-electron chi connectivity index (χ1n) is 6.73. The van der Waals surface area contributed by atoms with E-state index in [0.29, 0.717) is 23.7 Å². The van der Waals surface area contributed by atoms with E-state index in [-0.39, 0.29) is 0 Å². The molecule has 1 aliphatic rings. The zero-order chi connectivity index (χ0) is 14.1. The Balaban J connectivity index is 2.61. The van der Waals surface area contributed by atoms with Crippen LogP contribution in [0.4, 0.5) is 0 Å². The highest BCUT2D eigenvalue weighted by Crippen LogP contribution is 2.48. The molecule has 1 aliphatic heterocycles. The number of rotatable bonds is 5. The molecule has 106 valence electrons. The fraction of sp³-hybridized carbons (Fsp3) is 0.571. The van der Waals surface area contributed by atoms with Crippen LogP contribution in [0.3, 0.4) is 0 Å². The van der Waals surface area contributed by atoms with Crippen molar-refractivity contribution in [1.29, 1.82) is 0 Å². The third-order valence-electron chi connectivity index (χ3n) is 4.10. The van der Waals surface area contributed by atoms with Gasteiger partial charge < -0.3 is 0 Å². The number of sulfonamides is 1. The van der Waals surface area contributed by atoms with E-state index in [1.54, 1.807) is 16.4 Å². The van der Waals surface area contributed by atoms with Crippen LogP contribution >= 0.6 is 11.6 Å². The number of alkyl halides is 1. The molecule has 0 saturated carbocycles. The van der Waals surface area contributed by atoms with E-state index in [9.17, 15) is 8.42 Å². The SMILES string of the molecule is CCC1(CC)c2ccccc2S(=O)(=O)N1CCCCl. The first-order valence-corrected chi connectivity index (χ1v) is 8.70. The zero-order valence-corrected chi connectivity index (χ0v) is 13.0. The van der Waals surface area contributed by atoms with Crippen molar-refractivity contribution in [3.8, 4) is 0 Å². The lowest BCUT2D eigenvalue weighted by atomic mass is 9.84. The highest BCUT2D eigenvalue weighted by atomic mass is 35.5. The Morgan fingerprint density at radius 2 is 1.84 bits per heavy atom. The molecule has 0 fully saturated rings. The van der Waals surface area contributed by atoms with E-state index in [1.165, 1.54) is 0 Å². The van der Waals surface area contributed by atoms with Crippen LogP contribution in [0.25, 0.3) is 0 Å². The van der Waals surface area contributed by atoms with Crippen LogP contribution in [0.5, 0.6) is 0 Å². The molecule has 1 aromatic carbocycles. The minimum atomic E-state index is -3.38. The second kappa shape index (κ2) is 5.43. The van der Waals surface area contributed by atoms with Crippen LogP contribution < -0.4 is 0 Å². The molecule has 2 rings (SSSR count). The van der Waals surface area contributed by atoms with Crippen molar-refractivity contribution in [1.82, 2.24) is 4.31 Å². The molecule has 0 saturated heterocycles. The predicted octanol–water partition coefficient (Wildman–Crippen LogP) is 3.34. The summed E-state index contributed by atoms with van der Waals surface area (Å²) >= 11 is 5.74. The van der Waals surface area contributed by atoms with Gasteiger partial charge in [0.1, 0.15) is 0 Å². The van der Waals surface area contributed by atoms with E-state index in [4.69, 9.17) is 11.6 Å². The largest absolute Gasteiger partial charge is 0.244 e. The lowest BCUT2D eigenvalue weighted by molar-refractivity contribution is 0.182. The zero-order valence-electron chi connectivity index (χ0n) is 11.4. The maximum Gasteiger partial charge on any atom is 0.244 e. The number of fused-ring (bicyclic) bond motifs is 1. The van der Waals surface area contributed by atoms with Crippen molar-refractivity contribution >= 4 is 21.6 Å². The monoisotopic (exact) mass is 301 g/mol. The van der Waals surface area contributed by atoms with E-state index >= 15 is 0 Å². The van der Waals surface area contributed by atoms with Crippen molar-refractivity contribution in [2.75, 3.05) is 12.4 Å². The van der Waals surface area contributed by atoms with Crippen molar-refractivity contribution in [2.45, 2.75) is 43.5 Å². The molecule has 0 bridgehead atoms. The van der Waals surface area contributed by atoms with E-state index < -0.39 is 15.6 Å². The molecule has 5 heteroatoms. The van der Waals surface area contributed by atoms with Gasteiger partial charge in [-0.05, 0) is 30.9 Å². The smallest absolute Gasteiger partial charge is 0.207 e. The first-order chi connectivity index (χ1) is 9.04. The molecule has 0 N–H and O–H groups in total. The highest BCUT2D eigenvalue weighted by molar-refractivity contribution is 7.89. The number of hydrogen-bond donors (Lipinski definition) is 0. The molecule has 0 radical (unpaired) electrons. The minimum Gasteiger partial charge on any atom is -0.207 e. The van der Waals surface area contributed by atoms with Crippen LogP contribution in [0.2, 0.25) is 0 Å². The predicted molar refractivity (Wildman–Crippen MR) is 77.9 cm³/mol. The van der Waals surface area contributed by atoms with Crippen molar-refractivity contribution in [2.24, 2.45) is 0 Å². The summed E-state index contributed by atoms with van der Waals surface area (Å²) in [5.41, 5.74) is 0.538. The Morgan fingerprint density at radius 3 is 2.42 bits per heavy atom. The van der Waals surface area contributed by atoms with Gasteiger partial charge in [-0.1, -0.05) is 32.0 Å². The molecule has 0 spiro atoms. The van der Waals surface area contributed by atoms with Gasteiger partial charge in [0.25, 0.3) is 0 Å². The van der Waals surface area contributed by atoms with Gasteiger partial charge in [-0.3, -0.25) is 0 Å². The topological polar surface area (TPSA) is 37.4 Å². The molecule has 19 heavy (non-hydrogen) atoms. The maximum absolute atomic E-state index is 12.7. The third-order valence-corrected chi connectivity index (χ3v) is 6.39. The molecule has 0 aromatic heterocycles. The summed E-state index contributed by atoms with van der Waals surface area (Å²) in [6.45, 7) is 4.59. The first kappa shape index (κ1) is 14.8. The third kappa shape index (κ3) is 2.10. The fourth-order valence-electron chi connectivity index (χ4n) is 3.08. The van der Waals surface area contributed by atoms with Crippen LogP contribution in [0, 0.1) is 0 Å². The quantitative estimate of drug-likeness (QED) is 0.782. The standard InChI is InChI=1S/C14H20ClNO2S/c1-3-14(4-2)12-8-5-6-9-13(12)19(17,18)16(14)11-7-10-15/h5-6,8-9H,3-4,7,10-11H2,1-2H3. The summed E-state index contributed by atoms with van der Waals surface area (Å²) in [5.74, 6) is 0.478. The maximum atomic E-state index is 12.7. The number of nitrogens with zero attached hydrogens (tertiary/aromatic N) is 1. The van der Waals surface area contributed by atoms with Crippen molar-refractivity contribution < 1.29 is 8.42 Å². The van der Waals surface area contributed by atoms with Gasteiger partial charge in [0.2, 0.25) is 10.0 Å².